The molecule has 0 aromatic rings. The van der Waals surface area contributed by atoms with Crippen LogP contribution in [-0.4, -0.2) is 30.0 Å². The van der Waals surface area contributed by atoms with Crippen molar-refractivity contribution in [2.75, 3.05) is 6.54 Å². The molecule has 0 bridgehead atoms. The van der Waals surface area contributed by atoms with Crippen molar-refractivity contribution in [1.29, 1.82) is 0 Å². The topological polar surface area (TPSA) is 50.7 Å². The Morgan fingerprint density at radius 2 is 2.15 bits per heavy atom. The minimum absolute atomic E-state index is 0.0561. The summed E-state index contributed by atoms with van der Waals surface area (Å²) in [6, 6.07) is 0. The largest absolute Gasteiger partial charge is 0.365 e. The second kappa shape index (κ2) is 3.46. The van der Waals surface area contributed by atoms with Crippen LogP contribution in [0, 0.1) is 0 Å². The highest BCUT2D eigenvalue weighted by Crippen LogP contribution is 2.11. The van der Waals surface area contributed by atoms with E-state index >= 15 is 0 Å². The fraction of sp³-hybridized carbons (Fsp3) is 0.778. The van der Waals surface area contributed by atoms with Gasteiger partial charge in [-0.05, 0) is 27.7 Å². The molecule has 1 N–H and O–H groups in total. The fourth-order valence-electron chi connectivity index (χ4n) is 1.20. The van der Waals surface area contributed by atoms with Crippen LogP contribution in [0.3, 0.4) is 0 Å². The quantitative estimate of drug-likeness (QED) is 0.687. The van der Waals surface area contributed by atoms with Gasteiger partial charge < -0.3 is 10.1 Å². The number of hydrogen-bond acceptors (Lipinski definition) is 3. The highest BCUT2D eigenvalue weighted by atomic mass is 16.5. The Labute approximate surface area is 78.4 Å². The van der Waals surface area contributed by atoms with Gasteiger partial charge in [0.05, 0.1) is 5.60 Å². The Morgan fingerprint density at radius 1 is 1.54 bits per heavy atom. The number of nitrogens with one attached hydrogen (secondary N) is 1. The molecule has 0 aliphatic carbocycles. The van der Waals surface area contributed by atoms with Gasteiger partial charge in [0.1, 0.15) is 18.5 Å². The Balaban J connectivity index is 2.49. The third-order valence-corrected chi connectivity index (χ3v) is 1.58. The van der Waals surface area contributed by atoms with Crippen molar-refractivity contribution >= 4 is 11.7 Å². The van der Waals surface area contributed by atoms with Gasteiger partial charge in [0, 0.05) is 0 Å². The van der Waals surface area contributed by atoms with E-state index in [0.717, 1.165) is 0 Å². The summed E-state index contributed by atoms with van der Waals surface area (Å²) in [6.45, 7) is 8.03. The van der Waals surface area contributed by atoms with Crippen LogP contribution in [0.4, 0.5) is 0 Å². The normalized spacial score (nSPS) is 19.7. The van der Waals surface area contributed by atoms with Gasteiger partial charge in [-0.2, -0.15) is 0 Å². The first-order chi connectivity index (χ1) is 5.88. The molecule has 0 saturated heterocycles. The van der Waals surface area contributed by atoms with Crippen molar-refractivity contribution in [3.8, 4) is 0 Å². The standard InChI is InChI=1S/C9H16N2O2/c1-6(13-9(2,3)4)8-10-5-7(12)11-8/h6H,5H2,1-4H3,(H,10,11,12). The van der Waals surface area contributed by atoms with Crippen LogP contribution in [0.2, 0.25) is 0 Å². The summed E-state index contributed by atoms with van der Waals surface area (Å²) in [7, 11) is 0. The second-order valence-corrected chi connectivity index (χ2v) is 4.12. The Kier molecular flexibility index (Phi) is 2.71. The van der Waals surface area contributed by atoms with Gasteiger partial charge in [0.25, 0.3) is 0 Å². The minimum atomic E-state index is -0.213. The van der Waals surface area contributed by atoms with E-state index < -0.39 is 0 Å². The van der Waals surface area contributed by atoms with E-state index in [0.29, 0.717) is 5.84 Å². The molecule has 0 aromatic heterocycles. The Hall–Kier alpha value is -0.900. The minimum Gasteiger partial charge on any atom is -0.365 e. The van der Waals surface area contributed by atoms with E-state index in [-0.39, 0.29) is 24.2 Å². The van der Waals surface area contributed by atoms with Crippen LogP contribution in [0.25, 0.3) is 0 Å². The van der Waals surface area contributed by atoms with Crippen molar-refractivity contribution in [3.63, 3.8) is 0 Å². The summed E-state index contributed by atoms with van der Waals surface area (Å²) in [4.78, 5) is 14.9. The van der Waals surface area contributed by atoms with Crippen molar-refractivity contribution in [2.45, 2.75) is 39.4 Å². The maximum Gasteiger partial charge on any atom is 0.247 e. The van der Waals surface area contributed by atoms with Crippen molar-refractivity contribution in [2.24, 2.45) is 4.99 Å². The van der Waals surface area contributed by atoms with Crippen LogP contribution in [-0.2, 0) is 9.53 Å². The molecule has 1 atom stereocenters. The number of carbonyl (C=O) groups is 1. The van der Waals surface area contributed by atoms with Crippen LogP contribution in [0.1, 0.15) is 27.7 Å². The average molecular weight is 184 g/mol. The van der Waals surface area contributed by atoms with E-state index in [1.807, 2.05) is 27.7 Å². The fourth-order valence-corrected chi connectivity index (χ4v) is 1.20. The molecule has 4 nitrogen and oxygen atoms in total. The molecule has 1 rings (SSSR count). The number of amidine groups is 1. The molecule has 4 heteroatoms. The van der Waals surface area contributed by atoms with Gasteiger partial charge >= 0.3 is 0 Å². The summed E-state index contributed by atoms with van der Waals surface area (Å²) >= 11 is 0. The average Bonchev–Trinajstić information content (AvgIpc) is 2.31. The maximum absolute atomic E-state index is 10.8. The molecule has 1 amide bonds. The molecule has 1 aliphatic rings. The molecule has 1 aliphatic heterocycles. The molecule has 0 aromatic carbocycles. The van der Waals surface area contributed by atoms with E-state index in [4.69, 9.17) is 4.74 Å². The predicted octanol–water partition coefficient (Wildman–Crippen LogP) is 0.718. The highest BCUT2D eigenvalue weighted by Gasteiger charge is 2.23. The van der Waals surface area contributed by atoms with E-state index in [9.17, 15) is 4.79 Å². The van der Waals surface area contributed by atoms with Crippen LogP contribution >= 0.6 is 0 Å². The third kappa shape index (κ3) is 3.14. The zero-order valence-corrected chi connectivity index (χ0v) is 8.55. The van der Waals surface area contributed by atoms with Crippen LogP contribution < -0.4 is 5.32 Å². The number of hydrogen-bond donors (Lipinski definition) is 1. The number of aliphatic imine (C=N–C) groups is 1. The zero-order valence-electron chi connectivity index (χ0n) is 8.55. The van der Waals surface area contributed by atoms with E-state index in [1.165, 1.54) is 0 Å². The molecule has 0 spiro atoms. The number of ether oxygens (including phenoxy) is 1. The van der Waals surface area contributed by atoms with E-state index in [1.54, 1.807) is 0 Å². The summed E-state index contributed by atoms with van der Waals surface area (Å²) in [5.74, 6) is 0.583. The van der Waals surface area contributed by atoms with Gasteiger partial charge in [-0.15, -0.1) is 0 Å². The molecule has 1 unspecified atom stereocenters. The molecular formula is C9H16N2O2. The SMILES string of the molecule is CC(OC(C)(C)C)C1=NCC(=O)N1. The molecule has 0 fully saturated rings. The molecule has 13 heavy (non-hydrogen) atoms. The first-order valence-electron chi connectivity index (χ1n) is 4.40. The van der Waals surface area contributed by atoms with Gasteiger partial charge in [-0.3, -0.25) is 9.79 Å². The lowest BCUT2D eigenvalue weighted by Gasteiger charge is -2.24. The van der Waals surface area contributed by atoms with Crippen LogP contribution in [0.5, 0.6) is 0 Å². The first-order valence-corrected chi connectivity index (χ1v) is 4.40. The van der Waals surface area contributed by atoms with Gasteiger partial charge in [-0.1, -0.05) is 0 Å². The highest BCUT2D eigenvalue weighted by molar-refractivity contribution is 6.05. The van der Waals surface area contributed by atoms with Crippen molar-refractivity contribution in [1.82, 2.24) is 5.32 Å². The van der Waals surface area contributed by atoms with Crippen molar-refractivity contribution < 1.29 is 9.53 Å². The van der Waals surface area contributed by atoms with Gasteiger partial charge in [0.2, 0.25) is 5.91 Å². The van der Waals surface area contributed by atoms with Crippen molar-refractivity contribution in [3.05, 3.63) is 0 Å². The third-order valence-electron chi connectivity index (χ3n) is 1.58. The summed E-state index contributed by atoms with van der Waals surface area (Å²) in [6.07, 6.45) is -0.147. The number of nitrogens with zero attached hydrogens (tertiary/aromatic N) is 1. The molecular weight excluding hydrogens is 168 g/mol. The zero-order chi connectivity index (χ0) is 10.1. The van der Waals surface area contributed by atoms with Gasteiger partial charge in [-0.25, -0.2) is 0 Å². The summed E-state index contributed by atoms with van der Waals surface area (Å²) in [5, 5.41) is 2.66. The van der Waals surface area contributed by atoms with E-state index in [2.05, 4.69) is 10.3 Å². The van der Waals surface area contributed by atoms with Crippen LogP contribution in [0.15, 0.2) is 4.99 Å². The number of amides is 1. The Bertz CT molecular complexity index is 240. The predicted molar refractivity (Wildman–Crippen MR) is 50.7 cm³/mol. The second-order valence-electron chi connectivity index (χ2n) is 4.12. The lowest BCUT2D eigenvalue weighted by atomic mass is 10.2. The maximum atomic E-state index is 10.8. The number of rotatable bonds is 2. The Morgan fingerprint density at radius 3 is 2.54 bits per heavy atom. The summed E-state index contributed by atoms with van der Waals surface area (Å²) < 4.78 is 5.62. The number of carbonyl (C=O) groups excluding carboxylic acids is 1. The van der Waals surface area contributed by atoms with Gasteiger partial charge in [0.15, 0.2) is 0 Å². The lowest BCUT2D eigenvalue weighted by molar-refractivity contribution is -0.117. The molecule has 74 valence electrons. The smallest absolute Gasteiger partial charge is 0.247 e. The molecule has 0 saturated carbocycles. The lowest BCUT2D eigenvalue weighted by Crippen LogP contribution is -2.38. The monoisotopic (exact) mass is 184 g/mol. The summed E-state index contributed by atoms with van der Waals surface area (Å²) in [5.41, 5.74) is -0.213. The first kappa shape index (κ1) is 10.2. The molecule has 0 radical (unpaired) electrons. The molecule has 1 heterocycles.